The van der Waals surface area contributed by atoms with Crippen molar-refractivity contribution in [2.45, 2.75) is 96.7 Å². The molecule has 9 heteroatoms. The van der Waals surface area contributed by atoms with E-state index in [-0.39, 0.29) is 23.8 Å². The van der Waals surface area contributed by atoms with Crippen molar-refractivity contribution in [2.24, 2.45) is 0 Å². The second-order valence-corrected chi connectivity index (χ2v) is 17.2. The van der Waals surface area contributed by atoms with E-state index in [1.54, 1.807) is 17.0 Å². The number of hydrogen-bond donors (Lipinski definition) is 0. The molecule has 8 nitrogen and oxygen atoms in total. The average Bonchev–Trinajstić information content (AvgIpc) is 2.84. The van der Waals surface area contributed by atoms with Crippen LogP contribution in [0.4, 0.5) is 4.79 Å². The lowest BCUT2D eigenvalue weighted by molar-refractivity contribution is -0.0248. The maximum atomic E-state index is 13.2. The first-order valence-corrected chi connectivity index (χ1v) is 16.5. The summed E-state index contributed by atoms with van der Waals surface area (Å²) in [6.07, 6.45) is 6.72. The quantitative estimate of drug-likeness (QED) is 0.142. The fourth-order valence-electron chi connectivity index (χ4n) is 4.05. The summed E-state index contributed by atoms with van der Waals surface area (Å²) in [6, 6.07) is 4.80. The first-order valence-electron chi connectivity index (χ1n) is 13.6. The second kappa shape index (κ2) is 13.7. The number of likely N-dealkylation sites (tertiary alicyclic amines) is 1. The van der Waals surface area contributed by atoms with Gasteiger partial charge in [0.25, 0.3) is 0 Å². The summed E-state index contributed by atoms with van der Waals surface area (Å²) in [5.41, 5.74) is 0.498. The van der Waals surface area contributed by atoms with Gasteiger partial charge in [-0.3, -0.25) is 0 Å². The van der Waals surface area contributed by atoms with Crippen LogP contribution in [0.5, 0.6) is 5.75 Å². The Kier molecular flexibility index (Phi) is 11.5. The summed E-state index contributed by atoms with van der Waals surface area (Å²) in [5.74, 6) is 2.57. The number of nitrogens with zero attached hydrogens (tertiary/aromatic N) is 1. The van der Waals surface area contributed by atoms with E-state index >= 15 is 0 Å². The molecule has 0 radical (unpaired) electrons. The molecular formula is C30H47NO7Si. The van der Waals surface area contributed by atoms with Gasteiger partial charge < -0.3 is 28.3 Å². The van der Waals surface area contributed by atoms with Crippen molar-refractivity contribution in [1.29, 1.82) is 0 Å². The molecule has 0 N–H and O–H groups in total. The smallest absolute Gasteiger partial charge is 0.410 e. The predicted octanol–water partition coefficient (Wildman–Crippen LogP) is 6.35. The van der Waals surface area contributed by atoms with Crippen LogP contribution in [-0.2, 0) is 18.6 Å². The number of terminal acetylenes is 1. The molecule has 2 rings (SSSR count). The third kappa shape index (κ3) is 9.55. The highest BCUT2D eigenvalue weighted by Crippen LogP contribution is 2.39. The molecule has 218 valence electrons. The number of methoxy groups -OCH3 is 1. The van der Waals surface area contributed by atoms with Gasteiger partial charge in [0.15, 0.2) is 8.32 Å². The topological polar surface area (TPSA) is 83.5 Å². The zero-order valence-electron chi connectivity index (χ0n) is 25.2. The number of benzene rings is 1. The molecular weight excluding hydrogens is 514 g/mol. The van der Waals surface area contributed by atoms with Crippen molar-refractivity contribution in [3.63, 3.8) is 0 Å². The normalized spacial score (nSPS) is 18.3. The monoisotopic (exact) mass is 561 g/mol. The molecule has 1 heterocycles. The maximum Gasteiger partial charge on any atom is 0.410 e. The van der Waals surface area contributed by atoms with Gasteiger partial charge in [0.2, 0.25) is 0 Å². The van der Waals surface area contributed by atoms with E-state index in [0.29, 0.717) is 50.3 Å². The molecule has 1 aliphatic rings. The maximum absolute atomic E-state index is 13.2. The zero-order valence-corrected chi connectivity index (χ0v) is 26.2. The minimum atomic E-state index is -1.86. The van der Waals surface area contributed by atoms with Gasteiger partial charge in [-0.05, 0) is 63.9 Å². The standard InChI is InChI=1S/C30H47NO7Si/c1-11-17-35-23-15-16-31(28(33)38-29(2,3)4)25(21-23)24-14-13-22(27(32)34-8)20-26(24)36-18-12-19-37-39(9,10)30(5,6)7/h1,13-14,20,23,25H,12,15-19,21H2,2-10H3/t23-,25-/m0/s1. The van der Waals surface area contributed by atoms with Gasteiger partial charge >= 0.3 is 12.1 Å². The lowest BCUT2D eigenvalue weighted by Crippen LogP contribution is -2.45. The fraction of sp³-hybridized carbons (Fsp3) is 0.667. The molecule has 1 fully saturated rings. The Balaban J connectivity index is 2.32. The average molecular weight is 562 g/mol. The van der Waals surface area contributed by atoms with Crippen LogP contribution in [0.2, 0.25) is 18.1 Å². The van der Waals surface area contributed by atoms with Crippen molar-refractivity contribution >= 4 is 20.4 Å². The van der Waals surface area contributed by atoms with E-state index in [0.717, 1.165) is 5.56 Å². The van der Waals surface area contributed by atoms with E-state index in [4.69, 9.17) is 29.8 Å². The van der Waals surface area contributed by atoms with Crippen molar-refractivity contribution in [3.05, 3.63) is 29.3 Å². The Morgan fingerprint density at radius 1 is 1.13 bits per heavy atom. The summed E-state index contributed by atoms with van der Waals surface area (Å²) in [5, 5.41) is 0.125. The van der Waals surface area contributed by atoms with Crippen LogP contribution < -0.4 is 4.74 Å². The van der Waals surface area contributed by atoms with Crippen LogP contribution in [0, 0.1) is 12.3 Å². The van der Waals surface area contributed by atoms with Crippen LogP contribution >= 0.6 is 0 Å². The summed E-state index contributed by atoms with van der Waals surface area (Å²) >= 11 is 0. The number of hydrogen-bond acceptors (Lipinski definition) is 7. The summed E-state index contributed by atoms with van der Waals surface area (Å²) < 4.78 is 29.1. The van der Waals surface area contributed by atoms with Gasteiger partial charge in [0.1, 0.15) is 18.0 Å². The summed E-state index contributed by atoms with van der Waals surface area (Å²) in [6.45, 7) is 18.2. The third-order valence-electron chi connectivity index (χ3n) is 7.19. The van der Waals surface area contributed by atoms with Crippen LogP contribution in [0.15, 0.2) is 18.2 Å². The van der Waals surface area contributed by atoms with Crippen LogP contribution in [0.25, 0.3) is 0 Å². The van der Waals surface area contributed by atoms with E-state index < -0.39 is 26.0 Å². The second-order valence-electron chi connectivity index (χ2n) is 12.4. The zero-order chi connectivity index (χ0) is 29.4. The number of ether oxygens (including phenoxy) is 4. The van der Waals surface area contributed by atoms with E-state index in [9.17, 15) is 9.59 Å². The minimum absolute atomic E-state index is 0.125. The van der Waals surface area contributed by atoms with E-state index in [1.807, 2.05) is 26.8 Å². The highest BCUT2D eigenvalue weighted by atomic mass is 28.4. The van der Waals surface area contributed by atoms with Gasteiger partial charge in [-0.1, -0.05) is 32.8 Å². The van der Waals surface area contributed by atoms with Crippen molar-refractivity contribution in [2.75, 3.05) is 33.5 Å². The Hall–Kier alpha value is -2.54. The first-order chi connectivity index (χ1) is 18.1. The number of carbonyl (C=O) groups excluding carboxylic acids is 2. The Bertz CT molecular complexity index is 1020. The van der Waals surface area contributed by atoms with Gasteiger partial charge in [-0.15, -0.1) is 6.42 Å². The molecule has 0 aromatic heterocycles. The highest BCUT2D eigenvalue weighted by Gasteiger charge is 2.38. The first kappa shape index (κ1) is 32.7. The summed E-state index contributed by atoms with van der Waals surface area (Å²) in [4.78, 5) is 27.3. The van der Waals surface area contributed by atoms with Gasteiger partial charge in [0, 0.05) is 25.1 Å². The SMILES string of the molecule is C#CCO[C@H]1CCN(C(=O)OC(C)(C)C)[C@H](c2ccc(C(=O)OC)cc2OCCCO[Si](C)(C)C(C)(C)C)C1. The number of piperidine rings is 1. The molecule has 2 atom stereocenters. The number of rotatable bonds is 10. The number of esters is 1. The molecule has 39 heavy (non-hydrogen) atoms. The summed E-state index contributed by atoms with van der Waals surface area (Å²) in [7, 11) is -0.523. The van der Waals surface area contributed by atoms with Crippen LogP contribution in [-0.4, -0.2) is 70.5 Å². The lowest BCUT2D eigenvalue weighted by Gasteiger charge is -2.40. The Morgan fingerprint density at radius 3 is 2.41 bits per heavy atom. The predicted molar refractivity (Wildman–Crippen MR) is 155 cm³/mol. The largest absolute Gasteiger partial charge is 0.493 e. The van der Waals surface area contributed by atoms with Crippen LogP contribution in [0.3, 0.4) is 0 Å². The Labute approximate surface area is 235 Å². The molecule has 1 aliphatic heterocycles. The molecule has 0 unspecified atom stereocenters. The molecule has 0 bridgehead atoms. The van der Waals surface area contributed by atoms with Crippen molar-refractivity contribution in [1.82, 2.24) is 4.90 Å². The molecule has 1 amide bonds. The van der Waals surface area contributed by atoms with Crippen LogP contribution in [0.1, 0.15) is 82.8 Å². The number of amides is 1. The van der Waals surface area contributed by atoms with E-state index in [1.165, 1.54) is 7.11 Å². The van der Waals surface area contributed by atoms with Crippen molar-refractivity contribution in [3.8, 4) is 18.1 Å². The Morgan fingerprint density at radius 2 is 1.82 bits per heavy atom. The molecule has 0 aliphatic carbocycles. The van der Waals surface area contributed by atoms with Gasteiger partial charge in [-0.2, -0.15) is 0 Å². The molecule has 1 aromatic carbocycles. The van der Waals surface area contributed by atoms with Crippen molar-refractivity contribution < 1.29 is 33.0 Å². The van der Waals surface area contributed by atoms with E-state index in [2.05, 4.69) is 39.8 Å². The van der Waals surface area contributed by atoms with Gasteiger partial charge in [-0.25, -0.2) is 9.59 Å². The molecule has 0 spiro atoms. The number of carbonyl (C=O) groups is 2. The lowest BCUT2D eigenvalue weighted by atomic mass is 9.92. The highest BCUT2D eigenvalue weighted by molar-refractivity contribution is 6.74. The third-order valence-corrected chi connectivity index (χ3v) is 11.7. The fourth-order valence-corrected chi connectivity index (χ4v) is 5.14. The minimum Gasteiger partial charge on any atom is -0.493 e. The molecule has 1 aromatic rings. The molecule has 1 saturated heterocycles. The van der Waals surface area contributed by atoms with Gasteiger partial charge in [0.05, 0.1) is 31.4 Å². The molecule has 0 saturated carbocycles.